The van der Waals surface area contributed by atoms with Gasteiger partial charge in [-0.25, -0.2) is 14.9 Å². The number of ether oxygens (including phenoxy) is 1. The number of aromatic amines is 1. The number of thioether (sulfide) groups is 1. The van der Waals surface area contributed by atoms with Crippen molar-refractivity contribution in [1.29, 1.82) is 0 Å². The molecule has 0 atom stereocenters. The number of carbonyl (C=O) groups excluding carboxylic acids is 1. The van der Waals surface area contributed by atoms with Crippen molar-refractivity contribution in [2.45, 2.75) is 25.0 Å². The molecule has 0 radical (unpaired) electrons. The third-order valence-electron chi connectivity index (χ3n) is 2.77. The number of hydrogen-bond donors (Lipinski definition) is 1. The molecule has 2 heterocycles. The maximum atomic E-state index is 12.2. The highest BCUT2D eigenvalue weighted by Gasteiger charge is 2.15. The number of methoxy groups -OCH3 is 1. The number of pyridine rings is 1. The molecule has 0 amide bonds. The number of nitrogens with one attached hydrogen (secondary N) is 1. The van der Waals surface area contributed by atoms with Crippen LogP contribution in [0.2, 0.25) is 0 Å². The summed E-state index contributed by atoms with van der Waals surface area (Å²) in [7, 11) is 1.47. The van der Waals surface area contributed by atoms with Crippen LogP contribution < -0.4 is 10.4 Å². The molecule has 1 N–H and O–H groups in total. The Labute approximate surface area is 125 Å². The Morgan fingerprint density at radius 2 is 2.33 bits per heavy atom. The van der Waals surface area contributed by atoms with Crippen LogP contribution in [0.3, 0.4) is 0 Å². The second-order valence-corrected chi connectivity index (χ2v) is 5.18. The summed E-state index contributed by atoms with van der Waals surface area (Å²) < 4.78 is 6.59. The molecule has 0 unspecified atom stereocenters. The molecule has 2 aromatic rings. The van der Waals surface area contributed by atoms with Crippen molar-refractivity contribution in [3.8, 4) is 5.88 Å². The fourth-order valence-electron chi connectivity index (χ4n) is 1.81. The van der Waals surface area contributed by atoms with Gasteiger partial charge in [0, 0.05) is 12.7 Å². The van der Waals surface area contributed by atoms with E-state index in [2.05, 4.69) is 15.2 Å². The van der Waals surface area contributed by atoms with Crippen molar-refractivity contribution in [3.05, 3.63) is 34.4 Å². The molecule has 2 rings (SSSR count). The van der Waals surface area contributed by atoms with Gasteiger partial charge in [-0.2, -0.15) is 0 Å². The maximum absolute atomic E-state index is 12.2. The van der Waals surface area contributed by atoms with Gasteiger partial charge >= 0.3 is 5.69 Å². The predicted octanol–water partition coefficient (Wildman–Crippen LogP) is 1.36. The van der Waals surface area contributed by atoms with E-state index in [1.54, 1.807) is 18.3 Å². The van der Waals surface area contributed by atoms with E-state index in [9.17, 15) is 9.59 Å². The quantitative estimate of drug-likeness (QED) is 0.613. The molecule has 0 fully saturated rings. The second kappa shape index (κ2) is 7.07. The van der Waals surface area contributed by atoms with Crippen molar-refractivity contribution < 1.29 is 9.53 Å². The van der Waals surface area contributed by atoms with Gasteiger partial charge < -0.3 is 4.74 Å². The molecule has 21 heavy (non-hydrogen) atoms. The minimum atomic E-state index is -0.259. The molecule has 0 aliphatic heterocycles. The maximum Gasteiger partial charge on any atom is 0.343 e. The minimum absolute atomic E-state index is 0.122. The molecule has 0 aliphatic carbocycles. The monoisotopic (exact) mass is 308 g/mol. The van der Waals surface area contributed by atoms with Crippen LogP contribution in [0.25, 0.3) is 0 Å². The molecule has 0 aliphatic rings. The van der Waals surface area contributed by atoms with Crippen LogP contribution in [0.4, 0.5) is 0 Å². The molecule has 0 spiro atoms. The van der Waals surface area contributed by atoms with Gasteiger partial charge in [0.15, 0.2) is 10.9 Å². The summed E-state index contributed by atoms with van der Waals surface area (Å²) in [6, 6.07) is 3.35. The first-order valence-electron chi connectivity index (χ1n) is 6.47. The smallest absolute Gasteiger partial charge is 0.343 e. The Kier molecular flexibility index (Phi) is 5.15. The van der Waals surface area contributed by atoms with Gasteiger partial charge in [-0.05, 0) is 18.6 Å². The Bertz CT molecular complexity index is 680. The highest BCUT2D eigenvalue weighted by molar-refractivity contribution is 7.99. The average molecular weight is 308 g/mol. The number of Topliss-reactive ketones (excluding diaryl/α,β-unsaturated/α-hetero) is 1. The van der Waals surface area contributed by atoms with E-state index in [0.29, 0.717) is 23.1 Å². The molecule has 0 saturated heterocycles. The molecule has 7 nitrogen and oxygen atoms in total. The zero-order valence-electron chi connectivity index (χ0n) is 11.8. The normalized spacial score (nSPS) is 10.6. The van der Waals surface area contributed by atoms with Crippen LogP contribution in [0, 0.1) is 0 Å². The van der Waals surface area contributed by atoms with E-state index in [1.165, 1.54) is 23.4 Å². The minimum Gasteiger partial charge on any atom is -0.480 e. The number of rotatable bonds is 7. The standard InChI is InChI=1S/C13H16N4O3S/c1-3-7-17-12(19)15-16-13(17)21-8-10(18)9-5-4-6-14-11(9)20-2/h4-6H,3,7-8H2,1-2H3,(H,15,19). The van der Waals surface area contributed by atoms with Gasteiger partial charge in [-0.3, -0.25) is 9.36 Å². The van der Waals surface area contributed by atoms with Crippen molar-refractivity contribution in [2.75, 3.05) is 12.9 Å². The van der Waals surface area contributed by atoms with E-state index in [4.69, 9.17) is 4.74 Å². The van der Waals surface area contributed by atoms with Crippen LogP contribution in [0.5, 0.6) is 5.88 Å². The molecule has 0 bridgehead atoms. The first-order chi connectivity index (χ1) is 10.2. The lowest BCUT2D eigenvalue weighted by molar-refractivity contribution is 0.101. The summed E-state index contributed by atoms with van der Waals surface area (Å²) >= 11 is 1.22. The highest BCUT2D eigenvalue weighted by atomic mass is 32.2. The molecular formula is C13H16N4O3S. The van der Waals surface area contributed by atoms with Crippen LogP contribution in [0.15, 0.2) is 28.3 Å². The SMILES string of the molecule is CCCn1c(SCC(=O)c2cccnc2OC)n[nH]c1=O. The predicted molar refractivity (Wildman–Crippen MR) is 79.0 cm³/mol. The molecule has 8 heteroatoms. The summed E-state index contributed by atoms with van der Waals surface area (Å²) in [6.07, 6.45) is 2.38. The number of nitrogens with zero attached hydrogens (tertiary/aromatic N) is 3. The second-order valence-electron chi connectivity index (χ2n) is 4.24. The lowest BCUT2D eigenvalue weighted by Gasteiger charge is -2.06. The zero-order valence-corrected chi connectivity index (χ0v) is 12.6. The third kappa shape index (κ3) is 3.52. The fraction of sp³-hybridized carbons (Fsp3) is 0.385. The van der Waals surface area contributed by atoms with Crippen LogP contribution in [-0.4, -0.2) is 38.4 Å². The fourth-order valence-corrected chi connectivity index (χ4v) is 2.66. The van der Waals surface area contributed by atoms with Crippen molar-refractivity contribution in [3.63, 3.8) is 0 Å². The largest absolute Gasteiger partial charge is 0.480 e. The zero-order chi connectivity index (χ0) is 15.2. The Hall–Kier alpha value is -2.09. The first kappa shape index (κ1) is 15.3. The van der Waals surface area contributed by atoms with Gasteiger partial charge in [-0.1, -0.05) is 18.7 Å². The van der Waals surface area contributed by atoms with E-state index in [-0.39, 0.29) is 17.2 Å². The number of carbonyl (C=O) groups is 1. The molecule has 112 valence electrons. The summed E-state index contributed by atoms with van der Waals surface area (Å²) in [4.78, 5) is 27.8. The number of ketones is 1. The first-order valence-corrected chi connectivity index (χ1v) is 7.46. The molecule has 0 aromatic carbocycles. The van der Waals surface area contributed by atoms with E-state index >= 15 is 0 Å². The van der Waals surface area contributed by atoms with Gasteiger partial charge in [0.1, 0.15) is 0 Å². The van der Waals surface area contributed by atoms with Crippen molar-refractivity contribution in [2.24, 2.45) is 0 Å². The van der Waals surface area contributed by atoms with Crippen LogP contribution in [0.1, 0.15) is 23.7 Å². The van der Waals surface area contributed by atoms with E-state index < -0.39 is 0 Å². The number of H-pyrrole nitrogens is 1. The lowest BCUT2D eigenvalue weighted by atomic mass is 10.2. The van der Waals surface area contributed by atoms with Gasteiger partial charge in [-0.15, -0.1) is 5.10 Å². The number of hydrogen-bond acceptors (Lipinski definition) is 6. The molecule has 0 saturated carbocycles. The Morgan fingerprint density at radius 1 is 1.52 bits per heavy atom. The van der Waals surface area contributed by atoms with Gasteiger partial charge in [0.25, 0.3) is 0 Å². The van der Waals surface area contributed by atoms with E-state index in [1.807, 2.05) is 6.92 Å². The van der Waals surface area contributed by atoms with Gasteiger partial charge in [0.05, 0.1) is 18.4 Å². The average Bonchev–Trinajstić information content (AvgIpc) is 2.86. The van der Waals surface area contributed by atoms with Crippen LogP contribution in [-0.2, 0) is 6.54 Å². The topological polar surface area (TPSA) is 89.9 Å². The van der Waals surface area contributed by atoms with Gasteiger partial charge in [0.2, 0.25) is 5.88 Å². The number of aromatic nitrogens is 4. The lowest BCUT2D eigenvalue weighted by Crippen LogP contribution is -2.17. The van der Waals surface area contributed by atoms with Crippen molar-refractivity contribution >= 4 is 17.5 Å². The summed E-state index contributed by atoms with van der Waals surface area (Å²) in [5.74, 6) is 0.343. The third-order valence-corrected chi connectivity index (χ3v) is 3.74. The highest BCUT2D eigenvalue weighted by Crippen LogP contribution is 2.19. The van der Waals surface area contributed by atoms with Crippen LogP contribution >= 0.6 is 11.8 Å². The summed E-state index contributed by atoms with van der Waals surface area (Å²) in [6.45, 7) is 2.54. The van der Waals surface area contributed by atoms with E-state index in [0.717, 1.165) is 6.42 Å². The molecule has 2 aromatic heterocycles. The summed E-state index contributed by atoms with van der Waals surface area (Å²) in [5.41, 5.74) is 0.165. The Morgan fingerprint density at radius 3 is 3.05 bits per heavy atom. The van der Waals surface area contributed by atoms with Crippen molar-refractivity contribution in [1.82, 2.24) is 19.7 Å². The summed E-state index contributed by atoms with van der Waals surface area (Å²) in [5, 5.41) is 6.84. The Balaban J connectivity index is 2.09. The molecular weight excluding hydrogens is 292 g/mol.